The monoisotopic (exact) mass is 443 g/mol. The summed E-state index contributed by atoms with van der Waals surface area (Å²) in [5.41, 5.74) is 3.80. The molecule has 0 N–H and O–H groups in total. The fourth-order valence-corrected chi connectivity index (χ4v) is 4.24. The first-order valence-electron chi connectivity index (χ1n) is 11.0. The van der Waals surface area contributed by atoms with E-state index in [1.54, 1.807) is 11.4 Å². The van der Waals surface area contributed by atoms with Gasteiger partial charge in [-0.3, -0.25) is 22.9 Å². The van der Waals surface area contributed by atoms with Gasteiger partial charge < -0.3 is 4.74 Å². The summed E-state index contributed by atoms with van der Waals surface area (Å²) in [5.74, 6) is 1.24. The second-order valence-electron chi connectivity index (χ2n) is 7.96. The van der Waals surface area contributed by atoms with Crippen LogP contribution in [0.25, 0.3) is 33.9 Å². The van der Waals surface area contributed by atoms with Gasteiger partial charge in [0.25, 0.3) is 5.56 Å². The zero-order valence-corrected chi connectivity index (χ0v) is 19.1. The molecule has 0 bridgehead atoms. The highest BCUT2D eigenvalue weighted by atomic mass is 16.5. The molecule has 0 saturated heterocycles. The van der Waals surface area contributed by atoms with Crippen molar-refractivity contribution in [3.63, 3.8) is 0 Å². The van der Waals surface area contributed by atoms with E-state index in [0.717, 1.165) is 27.9 Å². The summed E-state index contributed by atoms with van der Waals surface area (Å²) >= 11 is 0. The van der Waals surface area contributed by atoms with Gasteiger partial charge in [0, 0.05) is 25.9 Å². The predicted octanol–water partition coefficient (Wildman–Crippen LogP) is 3.30. The number of hydrogen-bond donors (Lipinski definition) is 0. The summed E-state index contributed by atoms with van der Waals surface area (Å²) in [7, 11) is 3.11. The molecule has 0 atom stereocenters. The van der Waals surface area contributed by atoms with Gasteiger partial charge in [-0.05, 0) is 31.0 Å². The topological polar surface area (TPSA) is 75.5 Å². The standard InChI is InChI=1S/C25H25N5O3/c1-5-16-11-13-17(14-12-16)19-15-29-21-22(27(3)25(32)28(4)23(21)31)26-24(29)30(19)18-9-7-8-10-20(18)33-6-2/h7-15H,5-6H2,1-4H3. The summed E-state index contributed by atoms with van der Waals surface area (Å²) in [6.45, 7) is 4.58. The Morgan fingerprint density at radius 1 is 0.939 bits per heavy atom. The highest BCUT2D eigenvalue weighted by molar-refractivity contribution is 5.80. The van der Waals surface area contributed by atoms with E-state index in [4.69, 9.17) is 9.72 Å². The lowest BCUT2D eigenvalue weighted by molar-refractivity contribution is 0.339. The molecular weight excluding hydrogens is 418 g/mol. The van der Waals surface area contributed by atoms with Gasteiger partial charge in [0.15, 0.2) is 11.2 Å². The average Bonchev–Trinajstić information content (AvgIpc) is 3.38. The zero-order chi connectivity index (χ0) is 23.3. The van der Waals surface area contributed by atoms with Crippen LogP contribution in [0.2, 0.25) is 0 Å². The number of ether oxygens (including phenoxy) is 1. The number of fused-ring (bicyclic) bond motifs is 3. The summed E-state index contributed by atoms with van der Waals surface area (Å²) in [6, 6.07) is 16.1. The largest absolute Gasteiger partial charge is 0.492 e. The van der Waals surface area contributed by atoms with E-state index in [-0.39, 0.29) is 5.56 Å². The molecule has 33 heavy (non-hydrogen) atoms. The van der Waals surface area contributed by atoms with Crippen LogP contribution in [0.5, 0.6) is 5.75 Å². The molecule has 8 nitrogen and oxygen atoms in total. The summed E-state index contributed by atoms with van der Waals surface area (Å²) < 4.78 is 12.2. The van der Waals surface area contributed by atoms with Crippen LogP contribution in [-0.4, -0.2) is 29.7 Å². The van der Waals surface area contributed by atoms with Crippen LogP contribution in [0.4, 0.5) is 0 Å². The minimum Gasteiger partial charge on any atom is -0.492 e. The quantitative estimate of drug-likeness (QED) is 0.418. The number of benzene rings is 2. The normalized spacial score (nSPS) is 11.5. The van der Waals surface area contributed by atoms with Crippen molar-refractivity contribution in [3.8, 4) is 22.7 Å². The third kappa shape index (κ3) is 3.09. The molecule has 3 aromatic heterocycles. The van der Waals surface area contributed by atoms with Crippen LogP contribution in [-0.2, 0) is 20.5 Å². The van der Waals surface area contributed by atoms with Crippen molar-refractivity contribution in [2.24, 2.45) is 14.1 Å². The van der Waals surface area contributed by atoms with Gasteiger partial charge in [0.2, 0.25) is 5.78 Å². The molecule has 0 saturated carbocycles. The van der Waals surface area contributed by atoms with E-state index in [0.29, 0.717) is 29.3 Å². The number of hydrogen-bond acceptors (Lipinski definition) is 4. The van der Waals surface area contributed by atoms with Crippen molar-refractivity contribution >= 4 is 16.9 Å². The lowest BCUT2D eigenvalue weighted by atomic mass is 10.1. The molecule has 0 unspecified atom stereocenters. The van der Waals surface area contributed by atoms with Gasteiger partial charge in [-0.25, -0.2) is 4.79 Å². The number of para-hydroxylation sites is 2. The second kappa shape index (κ2) is 7.81. The molecule has 0 spiro atoms. The highest BCUT2D eigenvalue weighted by Gasteiger charge is 2.23. The number of imidazole rings is 2. The summed E-state index contributed by atoms with van der Waals surface area (Å²) in [6.07, 6.45) is 2.85. The zero-order valence-electron chi connectivity index (χ0n) is 19.1. The SMILES string of the molecule is CCOc1ccccc1-n1c(-c2ccc(CC)cc2)cn2c3c(=O)n(C)c(=O)n(C)c3nc12. The Hall–Kier alpha value is -4.07. The van der Waals surface area contributed by atoms with E-state index < -0.39 is 5.69 Å². The maximum Gasteiger partial charge on any atom is 0.332 e. The van der Waals surface area contributed by atoms with Crippen molar-refractivity contribution in [3.05, 3.63) is 81.1 Å². The molecule has 0 aliphatic carbocycles. The van der Waals surface area contributed by atoms with Gasteiger partial charge in [-0.15, -0.1) is 0 Å². The Balaban J connectivity index is 1.93. The predicted molar refractivity (Wildman–Crippen MR) is 128 cm³/mol. The average molecular weight is 444 g/mol. The van der Waals surface area contributed by atoms with Gasteiger partial charge >= 0.3 is 5.69 Å². The lowest BCUT2D eigenvalue weighted by Gasteiger charge is -2.14. The van der Waals surface area contributed by atoms with Crippen molar-refractivity contribution in [2.45, 2.75) is 20.3 Å². The molecule has 0 radical (unpaired) electrons. The van der Waals surface area contributed by atoms with Crippen LogP contribution >= 0.6 is 0 Å². The van der Waals surface area contributed by atoms with Crippen molar-refractivity contribution in [2.75, 3.05) is 6.61 Å². The van der Waals surface area contributed by atoms with Crippen LogP contribution in [0, 0.1) is 0 Å². The fourth-order valence-electron chi connectivity index (χ4n) is 4.24. The molecule has 3 heterocycles. The third-order valence-corrected chi connectivity index (χ3v) is 6.03. The van der Waals surface area contributed by atoms with E-state index in [2.05, 4.69) is 31.2 Å². The van der Waals surface area contributed by atoms with Gasteiger partial charge in [0.05, 0.1) is 18.0 Å². The minimum absolute atomic E-state index is 0.341. The maximum absolute atomic E-state index is 13.1. The highest BCUT2D eigenvalue weighted by Crippen LogP contribution is 2.33. The maximum atomic E-state index is 13.1. The molecule has 5 rings (SSSR count). The lowest BCUT2D eigenvalue weighted by Crippen LogP contribution is -2.37. The first-order chi connectivity index (χ1) is 16.0. The molecule has 5 aromatic rings. The van der Waals surface area contributed by atoms with Gasteiger partial charge in [-0.1, -0.05) is 43.3 Å². The van der Waals surface area contributed by atoms with Crippen molar-refractivity contribution in [1.82, 2.24) is 23.1 Å². The van der Waals surface area contributed by atoms with E-state index in [1.807, 2.05) is 42.0 Å². The van der Waals surface area contributed by atoms with E-state index in [1.165, 1.54) is 17.2 Å². The Bertz CT molecular complexity index is 1620. The Labute approximate surface area is 189 Å². The smallest absolute Gasteiger partial charge is 0.332 e. The van der Waals surface area contributed by atoms with Gasteiger partial charge in [-0.2, -0.15) is 4.98 Å². The first kappa shape index (κ1) is 20.8. The first-order valence-corrected chi connectivity index (χ1v) is 11.0. The molecular formula is C25H25N5O3. The molecule has 0 amide bonds. The number of nitrogens with zero attached hydrogens (tertiary/aromatic N) is 5. The Morgan fingerprint density at radius 2 is 1.67 bits per heavy atom. The van der Waals surface area contributed by atoms with Crippen LogP contribution < -0.4 is 16.0 Å². The molecule has 0 aliphatic rings. The van der Waals surface area contributed by atoms with Crippen molar-refractivity contribution < 1.29 is 4.74 Å². The van der Waals surface area contributed by atoms with E-state index in [9.17, 15) is 9.59 Å². The molecule has 8 heteroatoms. The van der Waals surface area contributed by atoms with E-state index >= 15 is 0 Å². The molecule has 2 aromatic carbocycles. The molecule has 0 fully saturated rings. The Morgan fingerprint density at radius 3 is 2.36 bits per heavy atom. The van der Waals surface area contributed by atoms with Crippen LogP contribution in [0.15, 0.2) is 64.3 Å². The Kier molecular flexibility index (Phi) is 4.92. The molecule has 168 valence electrons. The number of rotatable bonds is 5. The summed E-state index contributed by atoms with van der Waals surface area (Å²) in [4.78, 5) is 30.3. The third-order valence-electron chi connectivity index (χ3n) is 6.03. The fraction of sp³-hybridized carbons (Fsp3) is 0.240. The minimum atomic E-state index is -0.412. The second-order valence-corrected chi connectivity index (χ2v) is 7.96. The molecule has 0 aliphatic heterocycles. The summed E-state index contributed by atoms with van der Waals surface area (Å²) in [5, 5.41) is 0. The van der Waals surface area contributed by atoms with Crippen molar-refractivity contribution in [1.29, 1.82) is 0 Å². The number of aromatic nitrogens is 5. The van der Waals surface area contributed by atoms with Gasteiger partial charge in [0.1, 0.15) is 5.75 Å². The van der Waals surface area contributed by atoms with Crippen LogP contribution in [0.3, 0.4) is 0 Å². The van der Waals surface area contributed by atoms with Crippen LogP contribution in [0.1, 0.15) is 19.4 Å². The number of aryl methyl sites for hydroxylation is 2.